The zero-order valence-corrected chi connectivity index (χ0v) is 10.9. The number of methoxy groups -OCH3 is 1. The molecular formula is C13H14ClNO2. The lowest BCUT2D eigenvalue weighted by Crippen LogP contribution is -2.07. The summed E-state index contributed by atoms with van der Waals surface area (Å²) in [7, 11) is 1.61. The van der Waals surface area contributed by atoms with Gasteiger partial charge in [0.1, 0.15) is 11.3 Å². The Balaban J connectivity index is 2.66. The molecule has 17 heavy (non-hydrogen) atoms. The Morgan fingerprint density at radius 3 is 2.59 bits per heavy atom. The van der Waals surface area contributed by atoms with Gasteiger partial charge in [0.2, 0.25) is 6.08 Å². The first kappa shape index (κ1) is 12.2. The van der Waals surface area contributed by atoms with Crippen LogP contribution in [0.5, 0.6) is 5.75 Å². The highest BCUT2D eigenvalue weighted by atomic mass is 35.5. The first-order chi connectivity index (χ1) is 8.05. The van der Waals surface area contributed by atoms with Crippen LogP contribution in [-0.2, 0) is 10.3 Å². The van der Waals surface area contributed by atoms with Crippen molar-refractivity contribution in [2.75, 3.05) is 7.11 Å². The monoisotopic (exact) mass is 251 g/mol. The van der Waals surface area contributed by atoms with Crippen molar-refractivity contribution in [3.8, 4) is 5.75 Å². The first-order valence-electron chi connectivity index (χ1n) is 5.49. The van der Waals surface area contributed by atoms with Gasteiger partial charge in [-0.2, -0.15) is 4.99 Å². The van der Waals surface area contributed by atoms with Crippen LogP contribution in [-0.4, -0.2) is 13.2 Å². The second-order valence-electron chi connectivity index (χ2n) is 4.45. The normalized spacial score (nSPS) is 16.2. The molecule has 1 fully saturated rings. The van der Waals surface area contributed by atoms with Crippen molar-refractivity contribution >= 4 is 17.7 Å². The van der Waals surface area contributed by atoms with Gasteiger partial charge in [-0.25, -0.2) is 4.79 Å². The van der Waals surface area contributed by atoms with E-state index in [0.717, 1.165) is 35.3 Å². The Hall–Kier alpha value is -1.31. The molecule has 1 aliphatic rings. The smallest absolute Gasteiger partial charge is 0.235 e. The summed E-state index contributed by atoms with van der Waals surface area (Å²) in [5.74, 6) is 0.733. The van der Waals surface area contributed by atoms with Crippen LogP contribution in [0.4, 0.5) is 0 Å². The fourth-order valence-electron chi connectivity index (χ4n) is 2.20. The van der Waals surface area contributed by atoms with Crippen LogP contribution in [0.15, 0.2) is 11.1 Å². The predicted octanol–water partition coefficient (Wildman–Crippen LogP) is 3.29. The number of hydrogen-bond donors (Lipinski definition) is 0. The second-order valence-corrected chi connectivity index (χ2v) is 4.83. The lowest BCUT2D eigenvalue weighted by molar-refractivity contribution is 0.401. The van der Waals surface area contributed by atoms with Gasteiger partial charge in [-0.1, -0.05) is 11.6 Å². The van der Waals surface area contributed by atoms with Gasteiger partial charge >= 0.3 is 0 Å². The molecular weight excluding hydrogens is 238 g/mol. The van der Waals surface area contributed by atoms with Crippen molar-refractivity contribution in [3.05, 3.63) is 27.8 Å². The number of carbonyl (C=O) groups excluding carboxylic acids is 1. The molecule has 2 rings (SSSR count). The molecule has 0 saturated heterocycles. The van der Waals surface area contributed by atoms with Crippen molar-refractivity contribution in [1.82, 2.24) is 0 Å². The number of halogens is 1. The summed E-state index contributed by atoms with van der Waals surface area (Å²) in [4.78, 5) is 14.4. The molecule has 4 heteroatoms. The number of isocyanates is 1. The van der Waals surface area contributed by atoms with Gasteiger partial charge < -0.3 is 4.74 Å². The SMILES string of the molecule is COc1c(C2(N=C=O)CC2)cc(C)c(Cl)c1C. The van der Waals surface area contributed by atoms with E-state index in [1.165, 1.54) is 0 Å². The predicted molar refractivity (Wildman–Crippen MR) is 66.5 cm³/mol. The third-order valence-corrected chi connectivity index (χ3v) is 3.89. The molecule has 90 valence electrons. The minimum atomic E-state index is -0.423. The van der Waals surface area contributed by atoms with E-state index >= 15 is 0 Å². The Bertz CT molecular complexity index is 515. The fraction of sp³-hybridized carbons (Fsp3) is 0.462. The minimum absolute atomic E-state index is 0.423. The Morgan fingerprint density at radius 2 is 2.12 bits per heavy atom. The van der Waals surface area contributed by atoms with Gasteiger partial charge in [0.15, 0.2) is 0 Å². The number of nitrogens with zero attached hydrogens (tertiary/aromatic N) is 1. The van der Waals surface area contributed by atoms with E-state index < -0.39 is 5.54 Å². The fourth-order valence-corrected chi connectivity index (χ4v) is 2.34. The molecule has 3 nitrogen and oxygen atoms in total. The quantitative estimate of drug-likeness (QED) is 0.611. The molecule has 1 aliphatic carbocycles. The average molecular weight is 252 g/mol. The van der Waals surface area contributed by atoms with Gasteiger partial charge in [-0.15, -0.1) is 0 Å². The van der Waals surface area contributed by atoms with Crippen molar-refractivity contribution in [2.24, 2.45) is 4.99 Å². The molecule has 1 saturated carbocycles. The van der Waals surface area contributed by atoms with Crippen LogP contribution >= 0.6 is 11.6 Å². The number of benzene rings is 1. The molecule has 0 radical (unpaired) electrons. The highest BCUT2D eigenvalue weighted by molar-refractivity contribution is 6.32. The molecule has 0 amide bonds. The maximum Gasteiger partial charge on any atom is 0.235 e. The van der Waals surface area contributed by atoms with Crippen LogP contribution in [0, 0.1) is 13.8 Å². The summed E-state index contributed by atoms with van der Waals surface area (Å²) in [6.07, 6.45) is 3.38. The van der Waals surface area contributed by atoms with E-state index in [1.54, 1.807) is 13.2 Å². The van der Waals surface area contributed by atoms with Crippen LogP contribution in [0.25, 0.3) is 0 Å². The molecule has 0 atom stereocenters. The molecule has 1 aromatic rings. The van der Waals surface area contributed by atoms with Crippen LogP contribution < -0.4 is 4.74 Å². The van der Waals surface area contributed by atoms with Crippen LogP contribution in [0.3, 0.4) is 0 Å². The van der Waals surface area contributed by atoms with Crippen molar-refractivity contribution in [3.63, 3.8) is 0 Å². The van der Waals surface area contributed by atoms with E-state index in [2.05, 4.69) is 4.99 Å². The number of aliphatic imine (C=N–C) groups is 1. The first-order valence-corrected chi connectivity index (χ1v) is 5.87. The summed E-state index contributed by atoms with van der Waals surface area (Å²) in [5, 5.41) is 0.705. The largest absolute Gasteiger partial charge is 0.496 e. The van der Waals surface area contributed by atoms with Gasteiger partial charge in [0, 0.05) is 11.1 Å². The highest BCUT2D eigenvalue weighted by Crippen LogP contribution is 2.54. The standard InChI is InChI=1S/C13H14ClNO2/c1-8-6-10(13(4-5-13)15-7-16)12(17-3)9(2)11(8)14/h6H,4-5H2,1-3H3. The van der Waals surface area contributed by atoms with E-state index in [9.17, 15) is 4.79 Å². The number of aryl methyl sites for hydroxylation is 1. The lowest BCUT2D eigenvalue weighted by atomic mass is 9.98. The molecule has 0 heterocycles. The Morgan fingerprint density at radius 1 is 1.47 bits per heavy atom. The third-order valence-electron chi connectivity index (χ3n) is 3.31. The van der Waals surface area contributed by atoms with Gasteiger partial charge in [-0.3, -0.25) is 0 Å². The molecule has 0 spiro atoms. The van der Waals surface area contributed by atoms with E-state index in [-0.39, 0.29) is 0 Å². The van der Waals surface area contributed by atoms with E-state index in [1.807, 2.05) is 19.9 Å². The summed E-state index contributed by atoms with van der Waals surface area (Å²) >= 11 is 6.19. The maximum atomic E-state index is 10.5. The lowest BCUT2D eigenvalue weighted by Gasteiger charge is -2.18. The minimum Gasteiger partial charge on any atom is -0.496 e. The molecule has 0 N–H and O–H groups in total. The Kier molecular flexibility index (Phi) is 2.98. The number of rotatable bonds is 3. The van der Waals surface area contributed by atoms with Gasteiger partial charge in [0.05, 0.1) is 12.1 Å². The number of hydrogen-bond acceptors (Lipinski definition) is 3. The summed E-state index contributed by atoms with van der Waals surface area (Å²) in [6, 6.07) is 1.96. The van der Waals surface area contributed by atoms with Crippen molar-refractivity contribution in [1.29, 1.82) is 0 Å². The number of ether oxygens (including phenoxy) is 1. The summed E-state index contributed by atoms with van der Waals surface area (Å²) in [6.45, 7) is 3.86. The topological polar surface area (TPSA) is 38.7 Å². The third kappa shape index (κ3) is 1.86. The average Bonchev–Trinajstić information content (AvgIpc) is 3.07. The molecule has 1 aromatic carbocycles. The van der Waals surface area contributed by atoms with Crippen molar-refractivity contribution in [2.45, 2.75) is 32.2 Å². The molecule has 0 bridgehead atoms. The summed E-state index contributed by atoms with van der Waals surface area (Å²) in [5.41, 5.74) is 2.40. The molecule has 0 unspecified atom stereocenters. The van der Waals surface area contributed by atoms with E-state index in [4.69, 9.17) is 16.3 Å². The molecule has 0 aromatic heterocycles. The highest BCUT2D eigenvalue weighted by Gasteiger charge is 2.47. The van der Waals surface area contributed by atoms with E-state index in [0.29, 0.717) is 5.02 Å². The van der Waals surface area contributed by atoms with Gasteiger partial charge in [-0.05, 0) is 38.3 Å². The Labute approximate surface area is 105 Å². The summed E-state index contributed by atoms with van der Waals surface area (Å²) < 4.78 is 5.41. The van der Waals surface area contributed by atoms with Crippen LogP contribution in [0.2, 0.25) is 5.02 Å². The molecule has 0 aliphatic heterocycles. The second kappa shape index (κ2) is 4.17. The zero-order chi connectivity index (χ0) is 12.6. The maximum absolute atomic E-state index is 10.5. The van der Waals surface area contributed by atoms with Gasteiger partial charge in [0.25, 0.3) is 0 Å². The van der Waals surface area contributed by atoms with Crippen LogP contribution in [0.1, 0.15) is 29.5 Å². The zero-order valence-electron chi connectivity index (χ0n) is 10.1. The van der Waals surface area contributed by atoms with Crippen molar-refractivity contribution < 1.29 is 9.53 Å².